The largest absolute Gasteiger partial charge is 0.388 e. The predicted octanol–water partition coefficient (Wildman–Crippen LogP) is 18.4. The van der Waals surface area contributed by atoms with Gasteiger partial charge in [-0.1, -0.05) is 265 Å². The third kappa shape index (κ3) is 19.6. The number of hydrogen-bond acceptors (Lipinski definition) is 9. The molecule has 0 heterocycles. The standard InChI is InChI=1S/C30H40O3.C29H38O3.C28H36O3/c1-6-23(13-10-18-30(33,7-2)8-3)24-12-9-11-21(19-24)14-15-22-16-17-25-26(20-22)28(32)29(4,5)27(25)31;1-5-23(12-9-17-29(32,6-2)7-3)24-11-8-10-21(18-24)13-14-22-15-16-25-26(19-22)28(31)20(4)27(25)30;1-4-22(11-8-16-28(31,5-2)6-3)23-10-7-9-20(17-23)12-13-21-14-15-24-25(18-21)27(30)19-26(24)29/h9-13,16-20,27-28,31-33H,6-8,14-15H2,1-5H3;8-12,15-20,27-28,30-32H,5-7,13-14H2,1-4H3;7-11,14-18,26-27,29-31H,4-6,12-13,19H2,1-3H3/b18-10+,23-13+;17-9+,23-12+;16-8+,22-11+. The highest BCUT2D eigenvalue weighted by molar-refractivity contribution is 5.69. The van der Waals surface area contributed by atoms with Crippen molar-refractivity contribution in [2.24, 2.45) is 11.3 Å². The molecule has 0 amide bonds. The number of aliphatic hydroxyl groups excluding tert-OH is 6. The molecule has 6 aromatic carbocycles. The maximum absolute atomic E-state index is 10.7. The Hall–Kier alpha value is -6.60. The molecule has 0 bridgehead atoms. The molecular weight excluding hydrogens is 1190 g/mol. The van der Waals surface area contributed by atoms with E-state index in [0.717, 1.165) is 91.2 Å². The Morgan fingerprint density at radius 2 is 0.677 bits per heavy atom. The van der Waals surface area contributed by atoms with Gasteiger partial charge in [0.1, 0.15) is 0 Å². The molecule has 0 spiro atoms. The maximum atomic E-state index is 10.7. The van der Waals surface area contributed by atoms with Crippen molar-refractivity contribution in [3.8, 4) is 0 Å². The minimum absolute atomic E-state index is 0.157. The Morgan fingerprint density at radius 1 is 0.375 bits per heavy atom. The Bertz CT molecular complexity index is 3680. The van der Waals surface area contributed by atoms with Gasteiger partial charge in [-0.05, 0) is 196 Å². The zero-order valence-electron chi connectivity index (χ0n) is 59.7. The molecule has 6 aromatic rings. The van der Waals surface area contributed by atoms with Crippen molar-refractivity contribution in [1.29, 1.82) is 0 Å². The summed E-state index contributed by atoms with van der Waals surface area (Å²) >= 11 is 0. The third-order valence-corrected chi connectivity index (χ3v) is 21.2. The molecular formula is C87H114O9. The summed E-state index contributed by atoms with van der Waals surface area (Å²) in [4.78, 5) is 0. The van der Waals surface area contributed by atoms with Crippen LogP contribution in [0.3, 0.4) is 0 Å². The second-order valence-corrected chi connectivity index (χ2v) is 27.8. The highest BCUT2D eigenvalue weighted by Gasteiger charge is 2.45. The average molecular weight is 1300 g/mol. The van der Waals surface area contributed by atoms with Crippen LogP contribution in [0.1, 0.15) is 267 Å². The van der Waals surface area contributed by atoms with E-state index >= 15 is 0 Å². The maximum Gasteiger partial charge on any atom is 0.0872 e. The van der Waals surface area contributed by atoms with Gasteiger partial charge in [0.2, 0.25) is 0 Å². The van der Waals surface area contributed by atoms with Crippen LogP contribution < -0.4 is 0 Å². The van der Waals surface area contributed by atoms with E-state index in [2.05, 4.69) is 142 Å². The second-order valence-electron chi connectivity index (χ2n) is 27.8. The van der Waals surface area contributed by atoms with Crippen LogP contribution in [-0.2, 0) is 38.5 Å². The van der Waals surface area contributed by atoms with Crippen molar-refractivity contribution < 1.29 is 46.0 Å². The van der Waals surface area contributed by atoms with Crippen molar-refractivity contribution in [2.45, 2.75) is 239 Å². The van der Waals surface area contributed by atoms with Crippen LogP contribution in [0.4, 0.5) is 0 Å². The van der Waals surface area contributed by atoms with Gasteiger partial charge < -0.3 is 46.0 Å². The van der Waals surface area contributed by atoms with Gasteiger partial charge >= 0.3 is 0 Å². The number of hydrogen-bond donors (Lipinski definition) is 9. The predicted molar refractivity (Wildman–Crippen MR) is 397 cm³/mol. The first kappa shape index (κ1) is 76.8. The normalized spacial score (nSPS) is 20.3. The fraction of sp³-hybridized carbons (Fsp3) is 0.448. The Kier molecular flexibility index (Phi) is 28.2. The van der Waals surface area contributed by atoms with E-state index in [4.69, 9.17) is 0 Å². The van der Waals surface area contributed by atoms with Gasteiger partial charge in [-0.25, -0.2) is 0 Å². The van der Waals surface area contributed by atoms with Crippen LogP contribution in [0.15, 0.2) is 182 Å². The van der Waals surface area contributed by atoms with Gasteiger partial charge in [0.25, 0.3) is 0 Å². The minimum atomic E-state index is -0.730. The zero-order valence-corrected chi connectivity index (χ0v) is 59.7. The number of aliphatic hydroxyl groups is 9. The molecule has 9 rings (SSSR count). The summed E-state index contributed by atoms with van der Waals surface area (Å²) in [5.41, 5.74) is 17.2. The topological polar surface area (TPSA) is 182 Å². The first-order chi connectivity index (χ1) is 45.8. The van der Waals surface area contributed by atoms with Gasteiger partial charge in [-0.15, -0.1) is 0 Å². The van der Waals surface area contributed by atoms with Crippen molar-refractivity contribution in [2.75, 3.05) is 0 Å². The molecule has 0 saturated carbocycles. The quantitative estimate of drug-likeness (QED) is 0.0227. The van der Waals surface area contributed by atoms with E-state index in [1.165, 1.54) is 66.8 Å². The molecule has 9 N–H and O–H groups in total. The Morgan fingerprint density at radius 3 is 1.04 bits per heavy atom. The van der Waals surface area contributed by atoms with Gasteiger partial charge in [0.15, 0.2) is 0 Å². The fourth-order valence-corrected chi connectivity index (χ4v) is 13.5. The van der Waals surface area contributed by atoms with E-state index in [9.17, 15) is 46.0 Å². The first-order valence-corrected chi connectivity index (χ1v) is 35.9. The molecule has 9 nitrogen and oxygen atoms in total. The number of rotatable bonds is 27. The summed E-state index contributed by atoms with van der Waals surface area (Å²) < 4.78 is 0. The van der Waals surface area contributed by atoms with Crippen LogP contribution >= 0.6 is 0 Å². The first-order valence-electron chi connectivity index (χ1n) is 35.9. The van der Waals surface area contributed by atoms with E-state index in [0.29, 0.717) is 44.9 Å². The molecule has 96 heavy (non-hydrogen) atoms. The Labute approximate surface area is 575 Å². The van der Waals surface area contributed by atoms with Gasteiger partial charge in [0, 0.05) is 17.8 Å². The zero-order chi connectivity index (χ0) is 70.0. The van der Waals surface area contributed by atoms with E-state index in [1.54, 1.807) is 0 Å². The minimum Gasteiger partial charge on any atom is -0.388 e. The van der Waals surface area contributed by atoms with E-state index in [1.807, 2.05) is 123 Å². The monoisotopic (exact) mass is 1300 g/mol. The lowest BCUT2D eigenvalue weighted by atomic mass is 9.85. The molecule has 0 saturated heterocycles. The molecule has 0 radical (unpaired) electrons. The van der Waals surface area contributed by atoms with Gasteiger partial charge in [0.05, 0.1) is 53.4 Å². The van der Waals surface area contributed by atoms with Crippen LogP contribution in [0.2, 0.25) is 0 Å². The lowest BCUT2D eigenvalue weighted by Gasteiger charge is -2.26. The summed E-state index contributed by atoms with van der Waals surface area (Å²) in [5.74, 6) is -0.157. The summed E-state index contributed by atoms with van der Waals surface area (Å²) in [6, 6.07) is 44.3. The summed E-state index contributed by atoms with van der Waals surface area (Å²) in [5, 5.41) is 93.5. The van der Waals surface area contributed by atoms with E-state index in [-0.39, 0.29) is 5.92 Å². The summed E-state index contributed by atoms with van der Waals surface area (Å²) in [6.45, 7) is 24.2. The van der Waals surface area contributed by atoms with Crippen LogP contribution in [0.25, 0.3) is 16.7 Å². The summed E-state index contributed by atoms with van der Waals surface area (Å²) in [6.07, 6.45) is 27.3. The number of allylic oxidation sites excluding steroid dienone is 9. The molecule has 0 aromatic heterocycles. The SMILES string of the molecule is CC/C(=C\C=C\C(O)(CC)CC)c1cccc(CCc2ccc3c(c2)C(O)C(C)(C)C3O)c1.CC/C(=C\C=C\C(O)(CC)CC)c1cccc(CCc2ccc3c(c2)C(O)C(C)C3O)c1.CC/C(=C\C=C\C(O)(CC)CC)c1cccc(CCc2ccc3c(c2)C(O)CC3O)c1. The smallest absolute Gasteiger partial charge is 0.0872 e. The van der Waals surface area contributed by atoms with E-state index < -0.39 is 58.8 Å². The van der Waals surface area contributed by atoms with Crippen molar-refractivity contribution in [1.82, 2.24) is 0 Å². The second kappa shape index (κ2) is 35.3. The van der Waals surface area contributed by atoms with Crippen LogP contribution in [0.5, 0.6) is 0 Å². The third-order valence-electron chi connectivity index (χ3n) is 21.2. The number of aryl methyl sites for hydroxylation is 6. The molecule has 0 fully saturated rings. The molecule has 9 heteroatoms. The number of benzene rings is 6. The lowest BCUT2D eigenvalue weighted by Crippen LogP contribution is -2.22. The van der Waals surface area contributed by atoms with Gasteiger partial charge in [-0.2, -0.15) is 0 Å². The van der Waals surface area contributed by atoms with Crippen LogP contribution in [0, 0.1) is 11.3 Å². The summed E-state index contributed by atoms with van der Waals surface area (Å²) in [7, 11) is 0. The molecule has 3 aliphatic carbocycles. The molecule has 0 aliphatic heterocycles. The lowest BCUT2D eigenvalue weighted by molar-refractivity contribution is -0.0276. The molecule has 7 atom stereocenters. The van der Waals surface area contributed by atoms with Crippen molar-refractivity contribution >= 4 is 16.7 Å². The molecule has 3 aliphatic rings. The Balaban J connectivity index is 0.000000203. The highest BCUT2D eigenvalue weighted by Crippen LogP contribution is 2.52. The average Bonchev–Trinajstić information content (AvgIpc) is 1.62. The van der Waals surface area contributed by atoms with Gasteiger partial charge in [-0.3, -0.25) is 0 Å². The number of fused-ring (bicyclic) bond motifs is 3. The highest BCUT2D eigenvalue weighted by atomic mass is 16.3. The van der Waals surface area contributed by atoms with Crippen molar-refractivity contribution in [3.63, 3.8) is 0 Å². The molecule has 516 valence electrons. The molecule has 7 unspecified atom stereocenters. The van der Waals surface area contributed by atoms with Crippen molar-refractivity contribution in [3.05, 3.63) is 266 Å². The fourth-order valence-electron chi connectivity index (χ4n) is 13.5. The van der Waals surface area contributed by atoms with Crippen LogP contribution in [-0.4, -0.2) is 62.8 Å².